The minimum absolute atomic E-state index is 0.159. The van der Waals surface area contributed by atoms with Crippen molar-refractivity contribution in [1.82, 2.24) is 20.0 Å². The van der Waals surface area contributed by atoms with Gasteiger partial charge in [0.15, 0.2) is 0 Å². The zero-order chi connectivity index (χ0) is 13.9. The predicted molar refractivity (Wildman–Crippen MR) is 66.9 cm³/mol. The zero-order valence-electron chi connectivity index (χ0n) is 10.4. The summed E-state index contributed by atoms with van der Waals surface area (Å²) in [5.41, 5.74) is 1.70. The number of hydrogen-bond acceptors (Lipinski definition) is 5. The molecule has 2 heterocycles. The Morgan fingerprint density at radius 2 is 2.20 bits per heavy atom. The summed E-state index contributed by atoms with van der Waals surface area (Å²) in [6.45, 7) is 0.208. The molecule has 1 aromatic carbocycles. The largest absolute Gasteiger partial charge is 0.444 e. The van der Waals surface area contributed by atoms with Gasteiger partial charge in [-0.05, 0) is 18.2 Å². The van der Waals surface area contributed by atoms with Crippen LogP contribution in [0.1, 0.15) is 11.4 Å². The predicted octanol–water partition coefficient (Wildman–Crippen LogP) is 1.61. The van der Waals surface area contributed by atoms with Gasteiger partial charge in [0.25, 0.3) is 0 Å². The fourth-order valence-corrected chi connectivity index (χ4v) is 1.79. The number of aliphatic hydroxyl groups excluding tert-OH is 1. The Morgan fingerprint density at radius 3 is 2.95 bits per heavy atom. The molecule has 0 saturated carbocycles. The normalized spacial score (nSPS) is 10.9. The minimum atomic E-state index is -0.342. The Bertz CT molecular complexity index is 722. The number of rotatable bonds is 4. The van der Waals surface area contributed by atoms with Gasteiger partial charge < -0.3 is 9.52 Å². The van der Waals surface area contributed by atoms with Crippen molar-refractivity contribution in [2.24, 2.45) is 0 Å². The van der Waals surface area contributed by atoms with Crippen LogP contribution in [0.4, 0.5) is 4.39 Å². The van der Waals surface area contributed by atoms with Crippen LogP contribution >= 0.6 is 0 Å². The van der Waals surface area contributed by atoms with Gasteiger partial charge in [-0.25, -0.2) is 14.1 Å². The van der Waals surface area contributed by atoms with E-state index in [4.69, 9.17) is 9.52 Å². The molecule has 0 radical (unpaired) electrons. The van der Waals surface area contributed by atoms with Crippen LogP contribution in [0.3, 0.4) is 0 Å². The highest BCUT2D eigenvalue weighted by atomic mass is 19.1. The second-order valence-electron chi connectivity index (χ2n) is 4.22. The van der Waals surface area contributed by atoms with Gasteiger partial charge in [-0.1, -0.05) is 11.3 Å². The molecule has 7 heteroatoms. The van der Waals surface area contributed by atoms with Crippen LogP contribution in [0, 0.1) is 5.82 Å². The first kappa shape index (κ1) is 12.5. The van der Waals surface area contributed by atoms with E-state index in [0.717, 1.165) is 0 Å². The van der Waals surface area contributed by atoms with Gasteiger partial charge >= 0.3 is 0 Å². The summed E-state index contributed by atoms with van der Waals surface area (Å²) in [6.07, 6.45) is 3.11. The smallest absolute Gasteiger partial charge is 0.226 e. The highest BCUT2D eigenvalue weighted by molar-refractivity contribution is 5.52. The van der Waals surface area contributed by atoms with Crippen molar-refractivity contribution in [2.45, 2.75) is 13.2 Å². The van der Waals surface area contributed by atoms with E-state index in [1.165, 1.54) is 18.4 Å². The molecule has 1 N–H and O–H groups in total. The van der Waals surface area contributed by atoms with Crippen LogP contribution in [0.2, 0.25) is 0 Å². The van der Waals surface area contributed by atoms with Gasteiger partial charge in [0.1, 0.15) is 23.5 Å². The Balaban J connectivity index is 1.80. The zero-order valence-corrected chi connectivity index (χ0v) is 10.4. The molecule has 3 rings (SSSR count). The lowest BCUT2D eigenvalue weighted by Crippen LogP contribution is -2.00. The second-order valence-corrected chi connectivity index (χ2v) is 4.22. The van der Waals surface area contributed by atoms with E-state index in [0.29, 0.717) is 29.4 Å². The maximum absolute atomic E-state index is 13.1. The summed E-state index contributed by atoms with van der Waals surface area (Å²) in [4.78, 5) is 4.27. The number of oxazole rings is 1. The standard InChI is InChI=1S/C13H11FN4O2/c14-10-3-1-2-9(4-10)13-15-12(8-20-13)6-18-5-11(7-19)16-17-18/h1-5,8,19H,6-7H2. The van der Waals surface area contributed by atoms with E-state index < -0.39 is 0 Å². The molecule has 0 aliphatic carbocycles. The van der Waals surface area contributed by atoms with Crippen molar-refractivity contribution in [3.05, 3.63) is 53.9 Å². The summed E-state index contributed by atoms with van der Waals surface area (Å²) in [5.74, 6) is 0.00751. The van der Waals surface area contributed by atoms with Gasteiger partial charge in [-0.15, -0.1) is 5.10 Å². The van der Waals surface area contributed by atoms with Gasteiger partial charge in [-0.2, -0.15) is 0 Å². The molecule has 0 aliphatic heterocycles. The van der Waals surface area contributed by atoms with Gasteiger partial charge in [0.05, 0.1) is 19.3 Å². The molecule has 0 bridgehead atoms. The van der Waals surface area contributed by atoms with Crippen LogP contribution in [0.25, 0.3) is 11.5 Å². The SMILES string of the molecule is OCc1cn(Cc2coc(-c3cccc(F)c3)n2)nn1. The van der Waals surface area contributed by atoms with E-state index in [2.05, 4.69) is 15.3 Å². The minimum Gasteiger partial charge on any atom is -0.444 e. The average molecular weight is 274 g/mol. The first-order valence-corrected chi connectivity index (χ1v) is 5.95. The maximum atomic E-state index is 13.1. The number of aliphatic hydroxyl groups is 1. The highest BCUT2D eigenvalue weighted by Crippen LogP contribution is 2.19. The molecule has 0 fully saturated rings. The Morgan fingerprint density at radius 1 is 1.30 bits per heavy atom. The molecule has 6 nitrogen and oxygen atoms in total. The molecule has 0 amide bonds. The molecule has 0 saturated heterocycles. The Labute approximate surface area is 113 Å². The topological polar surface area (TPSA) is 77.0 Å². The van der Waals surface area contributed by atoms with Crippen molar-refractivity contribution in [3.63, 3.8) is 0 Å². The van der Waals surface area contributed by atoms with E-state index in [1.54, 1.807) is 23.0 Å². The number of hydrogen-bond donors (Lipinski definition) is 1. The molecule has 102 valence electrons. The third kappa shape index (κ3) is 2.57. The third-order valence-corrected chi connectivity index (χ3v) is 2.70. The molecular weight excluding hydrogens is 263 g/mol. The third-order valence-electron chi connectivity index (χ3n) is 2.70. The van der Waals surface area contributed by atoms with Crippen LogP contribution in [0.15, 0.2) is 41.1 Å². The number of benzene rings is 1. The maximum Gasteiger partial charge on any atom is 0.226 e. The lowest BCUT2D eigenvalue weighted by molar-refractivity contribution is 0.276. The van der Waals surface area contributed by atoms with Crippen LogP contribution in [0.5, 0.6) is 0 Å². The lowest BCUT2D eigenvalue weighted by atomic mass is 10.2. The fraction of sp³-hybridized carbons (Fsp3) is 0.154. The summed E-state index contributed by atoms with van der Waals surface area (Å²) in [7, 11) is 0. The van der Waals surface area contributed by atoms with Gasteiger partial charge in [0, 0.05) is 5.56 Å². The van der Waals surface area contributed by atoms with E-state index in [9.17, 15) is 4.39 Å². The highest BCUT2D eigenvalue weighted by Gasteiger charge is 2.09. The first-order chi connectivity index (χ1) is 9.74. The fourth-order valence-electron chi connectivity index (χ4n) is 1.79. The summed E-state index contributed by atoms with van der Waals surface area (Å²) >= 11 is 0. The summed E-state index contributed by atoms with van der Waals surface area (Å²) < 4.78 is 20.0. The van der Waals surface area contributed by atoms with Crippen LogP contribution in [-0.2, 0) is 13.2 Å². The molecule has 0 spiro atoms. The molecule has 0 aliphatic rings. The lowest BCUT2D eigenvalue weighted by Gasteiger charge is -1.95. The van der Waals surface area contributed by atoms with Crippen molar-refractivity contribution >= 4 is 0 Å². The van der Waals surface area contributed by atoms with Gasteiger partial charge in [0.2, 0.25) is 5.89 Å². The van der Waals surface area contributed by atoms with E-state index in [-0.39, 0.29) is 12.4 Å². The van der Waals surface area contributed by atoms with Crippen molar-refractivity contribution < 1.29 is 13.9 Å². The molecule has 3 aromatic rings. The first-order valence-electron chi connectivity index (χ1n) is 5.95. The Hall–Kier alpha value is -2.54. The molecule has 0 atom stereocenters. The molecular formula is C13H11FN4O2. The number of halogens is 1. The van der Waals surface area contributed by atoms with Crippen LogP contribution in [-0.4, -0.2) is 25.1 Å². The Kier molecular flexibility index (Phi) is 3.26. The van der Waals surface area contributed by atoms with Crippen molar-refractivity contribution in [2.75, 3.05) is 0 Å². The second kappa shape index (κ2) is 5.22. The number of aromatic nitrogens is 4. The van der Waals surface area contributed by atoms with E-state index in [1.807, 2.05) is 0 Å². The molecule has 20 heavy (non-hydrogen) atoms. The number of nitrogens with zero attached hydrogens (tertiary/aromatic N) is 4. The quantitative estimate of drug-likeness (QED) is 0.782. The van der Waals surface area contributed by atoms with Crippen molar-refractivity contribution in [1.29, 1.82) is 0 Å². The van der Waals surface area contributed by atoms with Crippen molar-refractivity contribution in [3.8, 4) is 11.5 Å². The van der Waals surface area contributed by atoms with Crippen LogP contribution < -0.4 is 0 Å². The summed E-state index contributed by atoms with van der Waals surface area (Å²) in [5, 5.41) is 16.5. The average Bonchev–Trinajstić information content (AvgIpc) is 3.08. The monoisotopic (exact) mass is 274 g/mol. The van der Waals surface area contributed by atoms with E-state index >= 15 is 0 Å². The van der Waals surface area contributed by atoms with Gasteiger partial charge in [-0.3, -0.25) is 0 Å². The molecule has 2 aromatic heterocycles. The molecule has 0 unspecified atom stereocenters. The summed E-state index contributed by atoms with van der Waals surface area (Å²) in [6, 6.07) is 6.03.